The van der Waals surface area contributed by atoms with E-state index in [1.807, 2.05) is 6.07 Å². The number of rotatable bonds is 4. The summed E-state index contributed by atoms with van der Waals surface area (Å²) < 4.78 is 5.28. The molecule has 3 nitrogen and oxygen atoms in total. The van der Waals surface area contributed by atoms with Crippen LogP contribution in [0.25, 0.3) is 0 Å². The third-order valence-electron chi connectivity index (χ3n) is 3.30. The second-order valence-corrected chi connectivity index (χ2v) is 4.86. The Labute approximate surface area is 101 Å². The lowest BCUT2D eigenvalue weighted by Gasteiger charge is -2.27. The van der Waals surface area contributed by atoms with Crippen LogP contribution < -0.4 is 5.32 Å². The van der Waals surface area contributed by atoms with E-state index >= 15 is 0 Å². The van der Waals surface area contributed by atoms with Gasteiger partial charge in [-0.2, -0.15) is 0 Å². The van der Waals surface area contributed by atoms with Crippen LogP contribution in [0.4, 0.5) is 0 Å². The molecule has 16 heavy (non-hydrogen) atoms. The molecule has 1 aromatic heterocycles. The van der Waals surface area contributed by atoms with Gasteiger partial charge in [0.2, 0.25) is 0 Å². The number of furan rings is 1. The average Bonchev–Trinajstić information content (AvgIpc) is 2.73. The molecule has 1 heterocycles. The van der Waals surface area contributed by atoms with E-state index in [0.717, 1.165) is 38.0 Å². The molecule has 0 aromatic carbocycles. The van der Waals surface area contributed by atoms with Gasteiger partial charge in [-0.25, -0.2) is 0 Å². The van der Waals surface area contributed by atoms with Crippen molar-refractivity contribution in [3.63, 3.8) is 0 Å². The first-order valence-corrected chi connectivity index (χ1v) is 6.24. The van der Waals surface area contributed by atoms with E-state index in [1.165, 1.54) is 0 Å². The van der Waals surface area contributed by atoms with E-state index in [4.69, 9.17) is 21.1 Å². The Morgan fingerprint density at radius 3 is 2.62 bits per heavy atom. The molecule has 4 heteroatoms. The van der Waals surface area contributed by atoms with Crippen LogP contribution in [0.5, 0.6) is 0 Å². The molecule has 0 spiro atoms. The summed E-state index contributed by atoms with van der Waals surface area (Å²) >= 11 is 5.70. The SMILES string of the molecule is OCC1CCC(NCc2ccc(Cl)o2)CC1. The van der Waals surface area contributed by atoms with Crippen LogP contribution >= 0.6 is 11.6 Å². The number of halogens is 1. The quantitative estimate of drug-likeness (QED) is 0.855. The molecule has 0 saturated heterocycles. The molecule has 2 rings (SSSR count). The number of hydrogen-bond donors (Lipinski definition) is 2. The van der Waals surface area contributed by atoms with Gasteiger partial charge in [-0.05, 0) is 55.3 Å². The van der Waals surface area contributed by atoms with Crippen LogP contribution in [0, 0.1) is 5.92 Å². The third kappa shape index (κ3) is 3.24. The van der Waals surface area contributed by atoms with Crippen molar-refractivity contribution < 1.29 is 9.52 Å². The van der Waals surface area contributed by atoms with Crippen molar-refractivity contribution in [2.75, 3.05) is 6.61 Å². The highest BCUT2D eigenvalue weighted by Gasteiger charge is 2.20. The molecule has 0 radical (unpaired) electrons. The summed E-state index contributed by atoms with van der Waals surface area (Å²) in [5, 5.41) is 12.9. The predicted octanol–water partition coefficient (Wildman–Crippen LogP) is 2.57. The van der Waals surface area contributed by atoms with Crippen LogP contribution in [-0.4, -0.2) is 17.8 Å². The fraction of sp³-hybridized carbons (Fsp3) is 0.667. The van der Waals surface area contributed by atoms with Crippen molar-refractivity contribution in [2.24, 2.45) is 5.92 Å². The van der Waals surface area contributed by atoms with Crippen molar-refractivity contribution >= 4 is 11.6 Å². The van der Waals surface area contributed by atoms with Gasteiger partial charge >= 0.3 is 0 Å². The molecule has 1 aliphatic rings. The van der Waals surface area contributed by atoms with Crippen LogP contribution in [0.3, 0.4) is 0 Å². The van der Waals surface area contributed by atoms with Gasteiger partial charge in [0.15, 0.2) is 5.22 Å². The topological polar surface area (TPSA) is 45.4 Å². The molecule has 0 bridgehead atoms. The summed E-state index contributed by atoms with van der Waals surface area (Å²) in [4.78, 5) is 0. The van der Waals surface area contributed by atoms with E-state index in [9.17, 15) is 0 Å². The van der Waals surface area contributed by atoms with Crippen LogP contribution in [0.15, 0.2) is 16.5 Å². The molecule has 0 amide bonds. The minimum absolute atomic E-state index is 0.334. The second kappa shape index (κ2) is 5.71. The lowest BCUT2D eigenvalue weighted by Crippen LogP contribution is -2.33. The monoisotopic (exact) mass is 243 g/mol. The molecule has 1 aromatic rings. The average molecular weight is 244 g/mol. The summed E-state index contributed by atoms with van der Waals surface area (Å²) in [5.41, 5.74) is 0. The van der Waals surface area contributed by atoms with Gasteiger partial charge in [-0.1, -0.05) is 0 Å². The maximum Gasteiger partial charge on any atom is 0.193 e. The molecule has 1 fully saturated rings. The zero-order valence-electron chi connectivity index (χ0n) is 9.29. The predicted molar refractivity (Wildman–Crippen MR) is 63.4 cm³/mol. The molecule has 2 N–H and O–H groups in total. The van der Waals surface area contributed by atoms with Gasteiger partial charge in [-0.3, -0.25) is 0 Å². The van der Waals surface area contributed by atoms with Gasteiger partial charge in [-0.15, -0.1) is 0 Å². The Bertz CT molecular complexity index is 319. The van der Waals surface area contributed by atoms with Gasteiger partial charge in [0.25, 0.3) is 0 Å². The van der Waals surface area contributed by atoms with Crippen molar-refractivity contribution in [2.45, 2.75) is 38.3 Å². The van der Waals surface area contributed by atoms with Crippen LogP contribution in [-0.2, 0) is 6.54 Å². The standard InChI is InChI=1S/C12H18ClNO2/c13-12-6-5-11(16-12)7-14-10-3-1-9(8-15)2-4-10/h5-6,9-10,14-15H,1-4,7-8H2. The Kier molecular flexibility index (Phi) is 4.27. The lowest BCUT2D eigenvalue weighted by atomic mass is 9.86. The molecule has 0 atom stereocenters. The van der Waals surface area contributed by atoms with Crippen LogP contribution in [0.1, 0.15) is 31.4 Å². The lowest BCUT2D eigenvalue weighted by molar-refractivity contribution is 0.174. The second-order valence-electron chi connectivity index (χ2n) is 4.49. The highest BCUT2D eigenvalue weighted by molar-refractivity contribution is 6.28. The maximum atomic E-state index is 9.04. The Morgan fingerprint density at radius 2 is 2.06 bits per heavy atom. The minimum atomic E-state index is 0.334. The summed E-state index contributed by atoms with van der Waals surface area (Å²) in [6.45, 7) is 1.07. The molecular weight excluding hydrogens is 226 g/mol. The highest BCUT2D eigenvalue weighted by Crippen LogP contribution is 2.24. The highest BCUT2D eigenvalue weighted by atomic mass is 35.5. The maximum absolute atomic E-state index is 9.04. The van der Waals surface area contributed by atoms with E-state index < -0.39 is 0 Å². The fourth-order valence-corrected chi connectivity index (χ4v) is 2.40. The molecule has 1 aliphatic carbocycles. The molecule has 1 saturated carbocycles. The van der Waals surface area contributed by atoms with E-state index in [1.54, 1.807) is 6.07 Å². The molecule has 90 valence electrons. The van der Waals surface area contributed by atoms with E-state index in [-0.39, 0.29) is 0 Å². The molecule has 0 unspecified atom stereocenters. The Hall–Kier alpha value is -0.510. The zero-order valence-corrected chi connectivity index (χ0v) is 10.0. The van der Waals surface area contributed by atoms with Crippen LogP contribution in [0.2, 0.25) is 5.22 Å². The summed E-state index contributed by atoms with van der Waals surface area (Å²) in [6.07, 6.45) is 4.51. The van der Waals surface area contributed by atoms with Crippen molar-refractivity contribution in [3.05, 3.63) is 23.1 Å². The number of nitrogens with one attached hydrogen (secondary N) is 1. The summed E-state index contributed by atoms with van der Waals surface area (Å²) in [6, 6.07) is 4.21. The van der Waals surface area contributed by atoms with Gasteiger partial charge in [0.05, 0.1) is 6.54 Å². The largest absolute Gasteiger partial charge is 0.448 e. The summed E-state index contributed by atoms with van der Waals surface area (Å²) in [5.74, 6) is 1.39. The number of aliphatic hydroxyl groups is 1. The normalized spacial score (nSPS) is 25.9. The number of aliphatic hydroxyl groups excluding tert-OH is 1. The fourth-order valence-electron chi connectivity index (χ4n) is 2.24. The van der Waals surface area contributed by atoms with Gasteiger partial charge in [0, 0.05) is 12.6 Å². The first-order valence-electron chi connectivity index (χ1n) is 5.86. The molecular formula is C12H18ClNO2. The molecule has 0 aliphatic heterocycles. The zero-order chi connectivity index (χ0) is 11.4. The van der Waals surface area contributed by atoms with Crippen molar-refractivity contribution in [1.29, 1.82) is 0 Å². The Balaban J connectivity index is 1.71. The number of hydrogen-bond acceptors (Lipinski definition) is 3. The van der Waals surface area contributed by atoms with E-state index in [2.05, 4.69) is 5.32 Å². The smallest absolute Gasteiger partial charge is 0.193 e. The van der Waals surface area contributed by atoms with Crippen molar-refractivity contribution in [3.8, 4) is 0 Å². The first-order chi connectivity index (χ1) is 7.78. The summed E-state index contributed by atoms with van der Waals surface area (Å²) in [7, 11) is 0. The van der Waals surface area contributed by atoms with Crippen molar-refractivity contribution in [1.82, 2.24) is 5.32 Å². The first kappa shape index (κ1) is 12.0. The van der Waals surface area contributed by atoms with Gasteiger partial charge < -0.3 is 14.8 Å². The third-order valence-corrected chi connectivity index (χ3v) is 3.50. The minimum Gasteiger partial charge on any atom is -0.448 e. The Morgan fingerprint density at radius 1 is 1.31 bits per heavy atom. The van der Waals surface area contributed by atoms with Gasteiger partial charge in [0.1, 0.15) is 5.76 Å². The van der Waals surface area contributed by atoms with E-state index in [0.29, 0.717) is 23.8 Å².